The zero-order chi connectivity index (χ0) is 14.3. The maximum atomic E-state index is 13.3. The molecule has 2 N–H and O–H groups in total. The Labute approximate surface area is 108 Å². The van der Waals surface area contributed by atoms with Gasteiger partial charge in [0.15, 0.2) is 11.6 Å². The molecule has 0 heterocycles. The molecule has 0 spiro atoms. The fourth-order valence-electron chi connectivity index (χ4n) is 1.30. The summed E-state index contributed by atoms with van der Waals surface area (Å²) >= 11 is 0. The summed E-state index contributed by atoms with van der Waals surface area (Å²) in [7, 11) is 0. The quantitative estimate of drug-likeness (QED) is 0.521. The van der Waals surface area contributed by atoms with Gasteiger partial charge in [-0.1, -0.05) is 11.8 Å². The van der Waals surface area contributed by atoms with Crippen molar-refractivity contribution in [3.63, 3.8) is 0 Å². The average Bonchev–Trinajstić information content (AvgIpc) is 2.33. The van der Waals surface area contributed by atoms with E-state index in [2.05, 4.69) is 11.8 Å². The number of hydrogen-bond donors (Lipinski definition) is 1. The molecule has 0 aliphatic heterocycles. The molecule has 0 aliphatic rings. The van der Waals surface area contributed by atoms with E-state index in [-0.39, 0.29) is 25.3 Å². The molecular weight excluding hydrogens is 262 g/mol. The normalized spacial score (nSPS) is 10.8. The van der Waals surface area contributed by atoms with Crippen LogP contribution in [0.25, 0.3) is 0 Å². The molecule has 0 unspecified atom stereocenters. The molecule has 1 aromatic rings. The minimum Gasteiger partial charge on any atom is -0.490 e. The highest BCUT2D eigenvalue weighted by molar-refractivity contribution is 5.40. The molecule has 0 saturated heterocycles. The molecule has 6 heteroatoms. The van der Waals surface area contributed by atoms with Crippen molar-refractivity contribution in [1.82, 2.24) is 0 Å². The van der Waals surface area contributed by atoms with E-state index in [0.717, 1.165) is 6.07 Å². The Hall–Kier alpha value is -1.74. The Balaban J connectivity index is 2.57. The van der Waals surface area contributed by atoms with E-state index in [4.69, 9.17) is 10.5 Å². The monoisotopic (exact) mass is 275 g/mol. The first kappa shape index (κ1) is 15.3. The molecule has 0 radical (unpaired) electrons. The van der Waals surface area contributed by atoms with E-state index in [9.17, 15) is 17.6 Å². The van der Waals surface area contributed by atoms with Crippen molar-refractivity contribution in [3.05, 3.63) is 29.6 Å². The maximum absolute atomic E-state index is 13.3. The second-order valence-corrected chi connectivity index (χ2v) is 3.72. The summed E-state index contributed by atoms with van der Waals surface area (Å²) in [4.78, 5) is 0. The summed E-state index contributed by atoms with van der Waals surface area (Å²) in [5.74, 6) is 4.53. The first-order valence-corrected chi connectivity index (χ1v) is 5.60. The van der Waals surface area contributed by atoms with Crippen LogP contribution in [0.15, 0.2) is 18.2 Å². The number of benzene rings is 1. The molecule has 1 rings (SSSR count). The number of hydrogen-bond acceptors (Lipinski definition) is 2. The maximum Gasteiger partial charge on any atom is 0.389 e. The predicted octanol–water partition coefficient (Wildman–Crippen LogP) is 2.86. The average molecular weight is 275 g/mol. The van der Waals surface area contributed by atoms with E-state index < -0.39 is 18.4 Å². The molecule has 0 bridgehead atoms. The number of ether oxygens (including phenoxy) is 1. The predicted molar refractivity (Wildman–Crippen MR) is 63.1 cm³/mol. The van der Waals surface area contributed by atoms with Gasteiger partial charge in [-0.3, -0.25) is 0 Å². The van der Waals surface area contributed by atoms with Crippen LogP contribution in [-0.4, -0.2) is 19.3 Å². The largest absolute Gasteiger partial charge is 0.490 e. The van der Waals surface area contributed by atoms with Crippen LogP contribution in [0.3, 0.4) is 0 Å². The fraction of sp³-hybridized carbons (Fsp3) is 0.385. The minimum atomic E-state index is -4.23. The molecule has 0 fully saturated rings. The molecule has 0 atom stereocenters. The summed E-state index contributed by atoms with van der Waals surface area (Å²) in [5.41, 5.74) is 5.70. The number of rotatable bonds is 4. The molecule has 19 heavy (non-hydrogen) atoms. The van der Waals surface area contributed by atoms with Crippen LogP contribution in [0.5, 0.6) is 5.75 Å². The number of alkyl halides is 3. The van der Waals surface area contributed by atoms with Crippen LogP contribution >= 0.6 is 0 Å². The van der Waals surface area contributed by atoms with Crippen LogP contribution in [0.1, 0.15) is 18.4 Å². The SMILES string of the molecule is NCC#Cc1ccc(F)c(OCCCC(F)(F)F)c1. The van der Waals surface area contributed by atoms with Gasteiger partial charge in [0.1, 0.15) is 0 Å². The van der Waals surface area contributed by atoms with Crippen LogP contribution in [0.2, 0.25) is 0 Å². The lowest BCUT2D eigenvalue weighted by Gasteiger charge is -2.09. The van der Waals surface area contributed by atoms with Crippen LogP contribution in [0.4, 0.5) is 17.6 Å². The first-order chi connectivity index (χ1) is 8.92. The van der Waals surface area contributed by atoms with Crippen molar-refractivity contribution in [2.45, 2.75) is 19.0 Å². The fourth-order valence-corrected chi connectivity index (χ4v) is 1.30. The summed E-state index contributed by atoms with van der Waals surface area (Å²) in [6.07, 6.45) is -5.40. The second-order valence-electron chi connectivity index (χ2n) is 3.72. The van der Waals surface area contributed by atoms with Crippen LogP contribution < -0.4 is 10.5 Å². The van der Waals surface area contributed by atoms with Gasteiger partial charge in [-0.2, -0.15) is 13.2 Å². The van der Waals surface area contributed by atoms with E-state index in [1.165, 1.54) is 12.1 Å². The Kier molecular flexibility index (Phi) is 5.64. The molecule has 104 valence electrons. The molecule has 2 nitrogen and oxygen atoms in total. The molecule has 0 aliphatic carbocycles. The Morgan fingerprint density at radius 1 is 1.26 bits per heavy atom. The number of nitrogens with two attached hydrogens (primary N) is 1. The van der Waals surface area contributed by atoms with Gasteiger partial charge in [-0.05, 0) is 24.6 Å². The van der Waals surface area contributed by atoms with Crippen molar-refractivity contribution in [2.75, 3.05) is 13.2 Å². The third kappa shape index (κ3) is 6.11. The topological polar surface area (TPSA) is 35.2 Å². The van der Waals surface area contributed by atoms with Crippen LogP contribution in [-0.2, 0) is 0 Å². The van der Waals surface area contributed by atoms with Gasteiger partial charge >= 0.3 is 6.18 Å². The summed E-state index contributed by atoms with van der Waals surface area (Å²) in [6, 6.07) is 3.94. The zero-order valence-electron chi connectivity index (χ0n) is 10.1. The molecule has 0 saturated carbocycles. The molecule has 0 aromatic heterocycles. The minimum absolute atomic E-state index is 0.106. The standard InChI is InChI=1S/C13H13F4NO/c14-11-5-4-10(3-1-7-18)9-12(11)19-8-2-6-13(15,16)17/h4-5,9H,2,6-8,18H2. The van der Waals surface area contributed by atoms with E-state index in [1.54, 1.807) is 0 Å². The Morgan fingerprint density at radius 3 is 2.63 bits per heavy atom. The smallest absolute Gasteiger partial charge is 0.389 e. The van der Waals surface area contributed by atoms with Gasteiger partial charge < -0.3 is 10.5 Å². The van der Waals surface area contributed by atoms with Gasteiger partial charge in [0.25, 0.3) is 0 Å². The van der Waals surface area contributed by atoms with Gasteiger partial charge in [-0.15, -0.1) is 0 Å². The lowest BCUT2D eigenvalue weighted by atomic mass is 10.2. The van der Waals surface area contributed by atoms with Gasteiger partial charge in [-0.25, -0.2) is 4.39 Å². The first-order valence-electron chi connectivity index (χ1n) is 5.60. The second kappa shape index (κ2) is 7.00. The third-order valence-electron chi connectivity index (χ3n) is 2.13. The van der Waals surface area contributed by atoms with Gasteiger partial charge in [0.2, 0.25) is 0 Å². The Bertz CT molecular complexity index is 474. The zero-order valence-corrected chi connectivity index (χ0v) is 10.1. The molecule has 0 amide bonds. The summed E-state index contributed by atoms with van der Waals surface area (Å²) in [5, 5.41) is 0. The number of halogens is 4. The van der Waals surface area contributed by atoms with Crippen molar-refractivity contribution >= 4 is 0 Å². The van der Waals surface area contributed by atoms with Crippen LogP contribution in [0, 0.1) is 17.7 Å². The molecular formula is C13H13F4NO. The lowest BCUT2D eigenvalue weighted by molar-refractivity contribution is -0.136. The highest BCUT2D eigenvalue weighted by Crippen LogP contribution is 2.22. The van der Waals surface area contributed by atoms with Gasteiger partial charge in [0, 0.05) is 12.0 Å². The van der Waals surface area contributed by atoms with Crippen molar-refractivity contribution in [2.24, 2.45) is 5.73 Å². The van der Waals surface area contributed by atoms with E-state index >= 15 is 0 Å². The lowest BCUT2D eigenvalue weighted by Crippen LogP contribution is -2.10. The van der Waals surface area contributed by atoms with Gasteiger partial charge in [0.05, 0.1) is 13.2 Å². The molecule has 1 aromatic carbocycles. The van der Waals surface area contributed by atoms with Crippen molar-refractivity contribution in [1.29, 1.82) is 0 Å². The summed E-state index contributed by atoms with van der Waals surface area (Å²) in [6.45, 7) is -0.0383. The van der Waals surface area contributed by atoms with E-state index in [0.29, 0.717) is 5.56 Å². The van der Waals surface area contributed by atoms with Crippen molar-refractivity contribution < 1.29 is 22.3 Å². The van der Waals surface area contributed by atoms with E-state index in [1.807, 2.05) is 0 Å². The third-order valence-corrected chi connectivity index (χ3v) is 2.13. The Morgan fingerprint density at radius 2 is 2.00 bits per heavy atom. The highest BCUT2D eigenvalue weighted by Gasteiger charge is 2.26. The van der Waals surface area contributed by atoms with Crippen molar-refractivity contribution in [3.8, 4) is 17.6 Å². The highest BCUT2D eigenvalue weighted by atomic mass is 19.4. The summed E-state index contributed by atoms with van der Waals surface area (Å²) < 4.78 is 54.0.